The molecule has 7 aliphatic rings. The van der Waals surface area contributed by atoms with E-state index in [4.69, 9.17) is 9.47 Å². The van der Waals surface area contributed by atoms with E-state index in [1.54, 1.807) is 6.08 Å². The fourth-order valence-corrected chi connectivity index (χ4v) is 10.5. The fraction of sp³-hybridized carbons (Fsp3) is 0.882. The number of fused-ring (bicyclic) bond motifs is 4. The summed E-state index contributed by atoms with van der Waals surface area (Å²) in [4.78, 5) is 0. The normalized spacial score (nSPS) is 45.4. The Morgan fingerprint density at radius 2 is 1.54 bits per heavy atom. The highest BCUT2D eigenvalue weighted by atomic mass is 16.7. The number of aliphatic hydroxyl groups excluding tert-OH is 1. The van der Waals surface area contributed by atoms with Gasteiger partial charge in [-0.3, -0.25) is 0 Å². The zero-order valence-electron chi connectivity index (χ0n) is 24.1. The molecule has 6 fully saturated rings. The minimum atomic E-state index is -0.263. The van der Waals surface area contributed by atoms with Crippen molar-refractivity contribution in [1.82, 2.24) is 0 Å². The van der Waals surface area contributed by atoms with E-state index in [1.165, 1.54) is 70.6 Å². The molecule has 1 aliphatic heterocycles. The molecule has 6 aliphatic carbocycles. The first kappa shape index (κ1) is 26.6. The van der Waals surface area contributed by atoms with Crippen molar-refractivity contribution >= 4 is 0 Å². The van der Waals surface area contributed by atoms with Crippen LogP contribution in [0.25, 0.3) is 0 Å². The Morgan fingerprint density at radius 1 is 0.892 bits per heavy atom. The first-order valence-corrected chi connectivity index (χ1v) is 16.1. The van der Waals surface area contributed by atoms with Crippen LogP contribution in [0, 0.1) is 52.8 Å². The van der Waals surface area contributed by atoms with Gasteiger partial charge in [0.25, 0.3) is 0 Å². The van der Waals surface area contributed by atoms with Crippen molar-refractivity contribution in [3.8, 4) is 0 Å². The molecule has 3 heteroatoms. The van der Waals surface area contributed by atoms with E-state index in [0.29, 0.717) is 11.8 Å². The molecule has 0 aromatic carbocycles. The molecule has 5 unspecified atom stereocenters. The summed E-state index contributed by atoms with van der Waals surface area (Å²) in [7, 11) is 0. The third kappa shape index (κ3) is 4.71. The van der Waals surface area contributed by atoms with Crippen LogP contribution >= 0.6 is 0 Å². The minimum absolute atomic E-state index is 0.0783. The first-order valence-electron chi connectivity index (χ1n) is 16.1. The number of allylic oxidation sites excluding steroid dienone is 3. The molecular formula is C34H54O3. The molecule has 0 bridgehead atoms. The Bertz CT molecular complexity index is 858. The lowest BCUT2D eigenvalue weighted by molar-refractivity contribution is -0.181. The van der Waals surface area contributed by atoms with E-state index in [2.05, 4.69) is 20.4 Å². The molecule has 1 heterocycles. The fourth-order valence-electron chi connectivity index (χ4n) is 10.5. The van der Waals surface area contributed by atoms with Gasteiger partial charge in [-0.05, 0) is 137 Å². The SMILES string of the molecule is C=CC.CC(C1CCC(C2C[C@@]3(C)C(CC[C@@H]3O)C3CCC4CC5(CCC4=C23)OCCO5)CC1)C1CC1. The van der Waals surface area contributed by atoms with Gasteiger partial charge in [0.1, 0.15) is 0 Å². The predicted octanol–water partition coefficient (Wildman–Crippen LogP) is 8.08. The summed E-state index contributed by atoms with van der Waals surface area (Å²) in [5.74, 6) is 6.45. The molecule has 0 aromatic rings. The summed E-state index contributed by atoms with van der Waals surface area (Å²) >= 11 is 0. The van der Waals surface area contributed by atoms with Gasteiger partial charge in [0.05, 0.1) is 19.3 Å². The van der Waals surface area contributed by atoms with E-state index in [0.717, 1.165) is 68.0 Å². The second-order valence-corrected chi connectivity index (χ2v) is 14.5. The molecule has 1 N–H and O–H groups in total. The van der Waals surface area contributed by atoms with Gasteiger partial charge in [0.15, 0.2) is 5.79 Å². The van der Waals surface area contributed by atoms with Gasteiger partial charge in [-0.25, -0.2) is 0 Å². The Kier molecular flexibility index (Phi) is 7.47. The molecular weight excluding hydrogens is 456 g/mol. The van der Waals surface area contributed by atoms with Crippen molar-refractivity contribution in [3.63, 3.8) is 0 Å². The summed E-state index contributed by atoms with van der Waals surface area (Å²) in [5.41, 5.74) is 3.93. The van der Waals surface area contributed by atoms with Crippen LogP contribution in [0.3, 0.4) is 0 Å². The first-order chi connectivity index (χ1) is 17.9. The smallest absolute Gasteiger partial charge is 0.169 e. The van der Waals surface area contributed by atoms with Crippen molar-refractivity contribution in [3.05, 3.63) is 23.8 Å². The molecule has 7 atom stereocenters. The minimum Gasteiger partial charge on any atom is -0.393 e. The Balaban J connectivity index is 0.000000804. The monoisotopic (exact) mass is 510 g/mol. The average molecular weight is 511 g/mol. The van der Waals surface area contributed by atoms with Crippen molar-refractivity contribution in [2.75, 3.05) is 13.2 Å². The maximum Gasteiger partial charge on any atom is 0.169 e. The van der Waals surface area contributed by atoms with Crippen molar-refractivity contribution < 1.29 is 14.6 Å². The molecule has 5 saturated carbocycles. The van der Waals surface area contributed by atoms with E-state index < -0.39 is 0 Å². The quantitative estimate of drug-likeness (QED) is 0.390. The van der Waals surface area contributed by atoms with Crippen LogP contribution in [-0.2, 0) is 9.47 Å². The highest BCUT2D eigenvalue weighted by molar-refractivity contribution is 5.33. The number of ether oxygens (including phenoxy) is 2. The summed E-state index contributed by atoms with van der Waals surface area (Å²) in [5, 5.41) is 11.2. The third-order valence-corrected chi connectivity index (χ3v) is 12.6. The van der Waals surface area contributed by atoms with Crippen molar-refractivity contribution in [1.29, 1.82) is 0 Å². The van der Waals surface area contributed by atoms with E-state index in [-0.39, 0.29) is 17.3 Å². The molecule has 0 radical (unpaired) electrons. The lowest BCUT2D eigenvalue weighted by Crippen LogP contribution is -2.49. The van der Waals surface area contributed by atoms with Crippen LogP contribution in [0.4, 0.5) is 0 Å². The molecule has 3 nitrogen and oxygen atoms in total. The third-order valence-electron chi connectivity index (χ3n) is 12.6. The van der Waals surface area contributed by atoms with Gasteiger partial charge >= 0.3 is 0 Å². The number of hydrogen-bond acceptors (Lipinski definition) is 3. The summed E-state index contributed by atoms with van der Waals surface area (Å²) < 4.78 is 12.4. The van der Waals surface area contributed by atoms with Gasteiger partial charge in [0.2, 0.25) is 0 Å². The zero-order valence-corrected chi connectivity index (χ0v) is 24.1. The standard InChI is InChI=1S/C31H48O3.C3H6/c1-19(20-3-4-20)21-5-7-22(8-6-21)26-18-30(2)27(11-12-28(30)32)25-10-9-23-17-31(33-15-16-34-31)14-13-24(23)29(25)26;1-3-2/h19-23,25-28,32H,3-18H2,1-2H3;3H,1H2,2H3/t19?,21?,22?,23?,25?,26?,27?,28-,30-;/m0./s1. The van der Waals surface area contributed by atoms with Gasteiger partial charge in [-0.1, -0.05) is 31.1 Å². The maximum atomic E-state index is 11.2. The highest BCUT2D eigenvalue weighted by Gasteiger charge is 2.58. The van der Waals surface area contributed by atoms with Gasteiger partial charge in [0, 0.05) is 12.8 Å². The van der Waals surface area contributed by atoms with Crippen LogP contribution in [0.1, 0.15) is 111 Å². The van der Waals surface area contributed by atoms with Gasteiger partial charge < -0.3 is 14.6 Å². The van der Waals surface area contributed by atoms with Gasteiger partial charge in [-0.2, -0.15) is 0 Å². The lowest BCUT2D eigenvalue weighted by Gasteiger charge is -2.56. The van der Waals surface area contributed by atoms with Crippen molar-refractivity contribution in [2.45, 2.75) is 123 Å². The predicted molar refractivity (Wildman–Crippen MR) is 150 cm³/mol. The number of rotatable bonds is 3. The molecule has 0 aromatic heterocycles. The van der Waals surface area contributed by atoms with Crippen LogP contribution < -0.4 is 0 Å². The summed E-state index contributed by atoms with van der Waals surface area (Å²) in [6.45, 7) is 11.9. The Morgan fingerprint density at radius 3 is 2.19 bits per heavy atom. The van der Waals surface area contributed by atoms with Crippen molar-refractivity contribution in [2.24, 2.45) is 52.8 Å². The maximum absolute atomic E-state index is 11.2. The topological polar surface area (TPSA) is 38.7 Å². The summed E-state index contributed by atoms with van der Waals surface area (Å²) in [6.07, 6.45) is 20.0. The van der Waals surface area contributed by atoms with Crippen LogP contribution in [0.15, 0.2) is 23.8 Å². The largest absolute Gasteiger partial charge is 0.393 e. The van der Waals surface area contributed by atoms with Crippen LogP contribution in [-0.4, -0.2) is 30.2 Å². The van der Waals surface area contributed by atoms with Gasteiger partial charge in [-0.15, -0.1) is 6.58 Å². The second kappa shape index (κ2) is 10.4. The molecule has 1 saturated heterocycles. The van der Waals surface area contributed by atoms with E-state index in [1.807, 2.05) is 18.1 Å². The molecule has 0 amide bonds. The number of aliphatic hydroxyl groups is 1. The van der Waals surface area contributed by atoms with Crippen LogP contribution in [0.5, 0.6) is 0 Å². The van der Waals surface area contributed by atoms with E-state index in [9.17, 15) is 5.11 Å². The van der Waals surface area contributed by atoms with Crippen LogP contribution in [0.2, 0.25) is 0 Å². The zero-order chi connectivity index (χ0) is 25.8. The second-order valence-electron chi connectivity index (χ2n) is 14.5. The Labute approximate surface area is 226 Å². The average Bonchev–Trinajstić information content (AvgIpc) is 3.59. The molecule has 1 spiro atoms. The number of hydrogen-bond donors (Lipinski definition) is 1. The Hall–Kier alpha value is -0.640. The lowest BCUT2D eigenvalue weighted by atomic mass is 9.50. The molecule has 7 rings (SSSR count). The highest BCUT2D eigenvalue weighted by Crippen LogP contribution is 2.65. The molecule has 208 valence electrons. The molecule has 37 heavy (non-hydrogen) atoms. The van der Waals surface area contributed by atoms with E-state index >= 15 is 0 Å². The summed E-state index contributed by atoms with van der Waals surface area (Å²) in [6, 6.07) is 0.